The highest BCUT2D eigenvalue weighted by atomic mass is 32.2. The van der Waals surface area contributed by atoms with Gasteiger partial charge in [0.25, 0.3) is 0 Å². The number of piperidine rings is 1. The van der Waals surface area contributed by atoms with Crippen LogP contribution in [0.1, 0.15) is 64.5 Å². The monoisotopic (exact) mass is 447 g/mol. The molecule has 2 heterocycles. The second kappa shape index (κ2) is 8.77. The summed E-state index contributed by atoms with van der Waals surface area (Å²) in [4.78, 5) is 26.4. The number of fused-ring (bicyclic) bond motifs is 1. The van der Waals surface area contributed by atoms with Crippen LogP contribution >= 0.6 is 0 Å². The number of sulfone groups is 1. The van der Waals surface area contributed by atoms with Crippen molar-refractivity contribution in [1.29, 1.82) is 0 Å². The average Bonchev–Trinajstić information content (AvgIpc) is 2.67. The molecule has 3 rings (SSSR count). The van der Waals surface area contributed by atoms with Crippen molar-refractivity contribution >= 4 is 26.7 Å². The van der Waals surface area contributed by atoms with E-state index in [4.69, 9.17) is 4.42 Å². The first kappa shape index (κ1) is 23.5. The molecule has 7 heteroatoms. The Morgan fingerprint density at radius 2 is 1.81 bits per heavy atom. The lowest BCUT2D eigenvalue weighted by Crippen LogP contribution is -2.42. The minimum atomic E-state index is -3.16. The van der Waals surface area contributed by atoms with Gasteiger partial charge in [0.2, 0.25) is 5.91 Å². The van der Waals surface area contributed by atoms with Crippen LogP contribution in [0.25, 0.3) is 11.0 Å². The number of carbonyl (C=O) groups is 1. The highest BCUT2D eigenvalue weighted by molar-refractivity contribution is 7.92. The molecule has 0 atom stereocenters. The van der Waals surface area contributed by atoms with Crippen molar-refractivity contribution in [2.75, 3.05) is 18.8 Å². The predicted octanol–water partition coefficient (Wildman–Crippen LogP) is 3.91. The third-order valence-corrected chi connectivity index (χ3v) is 8.92. The van der Waals surface area contributed by atoms with Gasteiger partial charge >= 0.3 is 5.63 Å². The number of nitrogens with zero attached hydrogens (tertiary/aromatic N) is 1. The summed E-state index contributed by atoms with van der Waals surface area (Å²) < 4.78 is 29.6. The molecule has 6 nitrogen and oxygen atoms in total. The van der Waals surface area contributed by atoms with Crippen LogP contribution < -0.4 is 5.63 Å². The zero-order valence-corrected chi connectivity index (χ0v) is 19.9. The largest absolute Gasteiger partial charge is 0.422 e. The maximum atomic E-state index is 12.9. The molecular weight excluding hydrogens is 414 g/mol. The molecule has 0 spiro atoms. The van der Waals surface area contributed by atoms with Gasteiger partial charge in [-0.15, -0.1) is 0 Å². The summed E-state index contributed by atoms with van der Waals surface area (Å²) in [7, 11) is -3.16. The van der Waals surface area contributed by atoms with Gasteiger partial charge in [0, 0.05) is 24.5 Å². The Labute approximate surface area is 184 Å². The molecule has 1 aliphatic rings. The first-order valence-corrected chi connectivity index (χ1v) is 12.6. The van der Waals surface area contributed by atoms with Gasteiger partial charge in [-0.05, 0) is 68.7 Å². The lowest BCUT2D eigenvalue weighted by molar-refractivity contribution is -0.131. The van der Waals surface area contributed by atoms with Crippen molar-refractivity contribution in [3.8, 4) is 0 Å². The van der Waals surface area contributed by atoms with Crippen molar-refractivity contribution in [2.45, 2.75) is 64.5 Å². The summed E-state index contributed by atoms with van der Waals surface area (Å²) in [5, 5.41) is 0.819. The van der Waals surface area contributed by atoms with E-state index < -0.39 is 14.6 Å². The fourth-order valence-electron chi connectivity index (χ4n) is 4.00. The van der Waals surface area contributed by atoms with Crippen LogP contribution in [-0.2, 0) is 21.1 Å². The van der Waals surface area contributed by atoms with E-state index in [1.54, 1.807) is 26.8 Å². The Morgan fingerprint density at radius 3 is 2.39 bits per heavy atom. The second-order valence-electron chi connectivity index (χ2n) is 9.91. The second-order valence-corrected chi connectivity index (χ2v) is 12.7. The highest BCUT2D eigenvalue weighted by Crippen LogP contribution is 2.28. The third kappa shape index (κ3) is 5.37. The van der Waals surface area contributed by atoms with Crippen molar-refractivity contribution in [3.05, 3.63) is 45.8 Å². The highest BCUT2D eigenvalue weighted by Gasteiger charge is 2.33. The summed E-state index contributed by atoms with van der Waals surface area (Å²) in [5.41, 5.74) is 2.02. The molecule has 0 unspecified atom stereocenters. The number of carbonyl (C=O) groups excluding carboxylic acids is 1. The van der Waals surface area contributed by atoms with E-state index >= 15 is 0 Å². The summed E-state index contributed by atoms with van der Waals surface area (Å²) in [5.74, 6) is 0.489. The lowest BCUT2D eigenvalue weighted by atomic mass is 9.95. The Morgan fingerprint density at radius 1 is 1.16 bits per heavy atom. The summed E-state index contributed by atoms with van der Waals surface area (Å²) in [6, 6.07) is 7.00. The summed E-state index contributed by atoms with van der Waals surface area (Å²) in [6.07, 6.45) is 1.70. The minimum Gasteiger partial charge on any atom is -0.422 e. The van der Waals surface area contributed by atoms with Crippen LogP contribution in [0.3, 0.4) is 0 Å². The molecule has 31 heavy (non-hydrogen) atoms. The molecule has 1 fully saturated rings. The number of benzene rings is 1. The Balaban J connectivity index is 1.68. The molecule has 1 saturated heterocycles. The number of amides is 1. The molecule has 0 bridgehead atoms. The number of hydrogen-bond acceptors (Lipinski definition) is 5. The van der Waals surface area contributed by atoms with Crippen LogP contribution in [0, 0.1) is 5.92 Å². The first-order chi connectivity index (χ1) is 14.4. The van der Waals surface area contributed by atoms with E-state index in [0.29, 0.717) is 31.5 Å². The van der Waals surface area contributed by atoms with Gasteiger partial charge in [0.1, 0.15) is 5.58 Å². The van der Waals surface area contributed by atoms with Crippen LogP contribution in [-0.4, -0.2) is 42.8 Å². The van der Waals surface area contributed by atoms with Crippen molar-refractivity contribution < 1.29 is 17.6 Å². The van der Waals surface area contributed by atoms with Crippen molar-refractivity contribution in [1.82, 2.24) is 4.90 Å². The van der Waals surface area contributed by atoms with Crippen molar-refractivity contribution in [2.24, 2.45) is 5.92 Å². The first-order valence-electron chi connectivity index (χ1n) is 10.9. The van der Waals surface area contributed by atoms with E-state index in [1.807, 2.05) is 30.9 Å². The Hall–Kier alpha value is -2.15. The smallest absolute Gasteiger partial charge is 0.336 e. The molecule has 0 aliphatic carbocycles. The van der Waals surface area contributed by atoms with Crippen LogP contribution in [0.5, 0.6) is 0 Å². The standard InChI is InChI=1S/C24H33NO5S/c1-16(2)20-13-18(12-19-6-7-22(27)30-23(19)20)14-21(26)25-10-8-17(9-11-25)15-31(28,29)24(3,4)5/h6-7,12-13,16-17H,8-11,14-15H2,1-5H3. The molecule has 1 aliphatic heterocycles. The SMILES string of the molecule is CC(C)c1cc(CC(=O)N2CCC(CS(=O)(=O)C(C)(C)C)CC2)cc2ccc(=O)oc12. The molecular formula is C24H33NO5S. The van der Waals surface area contributed by atoms with E-state index in [9.17, 15) is 18.0 Å². The zero-order valence-electron chi connectivity index (χ0n) is 19.1. The number of hydrogen-bond donors (Lipinski definition) is 0. The summed E-state index contributed by atoms with van der Waals surface area (Å²) in [6.45, 7) is 10.4. The molecule has 1 aromatic carbocycles. The fourth-order valence-corrected chi connectivity index (χ4v) is 5.45. The van der Waals surface area contributed by atoms with E-state index in [1.165, 1.54) is 6.07 Å². The van der Waals surface area contributed by atoms with E-state index in [0.717, 1.165) is 16.5 Å². The minimum absolute atomic E-state index is 0.0450. The van der Waals surface area contributed by atoms with Crippen LogP contribution in [0.4, 0.5) is 0 Å². The Bertz CT molecular complexity index is 1120. The van der Waals surface area contributed by atoms with Gasteiger partial charge in [-0.3, -0.25) is 4.79 Å². The normalized spacial score (nSPS) is 16.3. The summed E-state index contributed by atoms with van der Waals surface area (Å²) >= 11 is 0. The topological polar surface area (TPSA) is 84.7 Å². The van der Waals surface area contributed by atoms with Gasteiger partial charge < -0.3 is 9.32 Å². The quantitative estimate of drug-likeness (QED) is 0.649. The van der Waals surface area contributed by atoms with Gasteiger partial charge in [-0.1, -0.05) is 19.9 Å². The zero-order chi connectivity index (χ0) is 23.0. The van der Waals surface area contributed by atoms with Gasteiger partial charge in [-0.25, -0.2) is 13.2 Å². The van der Waals surface area contributed by atoms with Crippen LogP contribution in [0.2, 0.25) is 0 Å². The van der Waals surface area contributed by atoms with E-state index in [-0.39, 0.29) is 35.5 Å². The Kier molecular flexibility index (Phi) is 6.65. The van der Waals surface area contributed by atoms with Gasteiger partial charge in [0.05, 0.1) is 16.9 Å². The van der Waals surface area contributed by atoms with Gasteiger partial charge in [0.15, 0.2) is 9.84 Å². The maximum Gasteiger partial charge on any atom is 0.336 e. The predicted molar refractivity (Wildman–Crippen MR) is 123 cm³/mol. The molecule has 170 valence electrons. The molecule has 0 saturated carbocycles. The molecule has 2 aromatic rings. The molecule has 0 radical (unpaired) electrons. The maximum absolute atomic E-state index is 12.9. The van der Waals surface area contributed by atoms with E-state index in [2.05, 4.69) is 0 Å². The third-order valence-electron chi connectivity index (χ3n) is 6.14. The molecule has 1 aromatic heterocycles. The number of rotatable bonds is 5. The van der Waals surface area contributed by atoms with Crippen molar-refractivity contribution in [3.63, 3.8) is 0 Å². The fraction of sp³-hybridized carbons (Fsp3) is 0.583. The molecule has 0 N–H and O–H groups in total. The van der Waals surface area contributed by atoms with Gasteiger partial charge in [-0.2, -0.15) is 0 Å². The molecule has 1 amide bonds. The average molecular weight is 448 g/mol. The lowest BCUT2D eigenvalue weighted by Gasteiger charge is -2.33. The van der Waals surface area contributed by atoms with Crippen LogP contribution in [0.15, 0.2) is 33.5 Å². The number of likely N-dealkylation sites (tertiary alicyclic amines) is 1.